The van der Waals surface area contributed by atoms with E-state index in [1.54, 1.807) is 14.1 Å². The van der Waals surface area contributed by atoms with Crippen LogP contribution < -0.4 is 4.74 Å². The molecular weight excluding hydrogens is 270 g/mol. The minimum absolute atomic E-state index is 0.0886. The summed E-state index contributed by atoms with van der Waals surface area (Å²) in [5.74, 6) is 0.466. The Kier molecular flexibility index (Phi) is 5.87. The second-order valence-corrected chi connectivity index (χ2v) is 5.95. The number of thioether (sulfide) groups is 1. The number of amides is 1. The molecule has 18 heavy (non-hydrogen) atoms. The van der Waals surface area contributed by atoms with E-state index >= 15 is 0 Å². The van der Waals surface area contributed by atoms with Gasteiger partial charge in [-0.05, 0) is 12.8 Å². The molecule has 0 radical (unpaired) electrons. The Balaban J connectivity index is 2.56. The fourth-order valence-corrected chi connectivity index (χ4v) is 2.37. The first-order valence-corrected chi connectivity index (χ1v) is 7.42. The second-order valence-electron chi connectivity index (χ2n) is 4.31. The van der Waals surface area contributed by atoms with Gasteiger partial charge in [0.25, 0.3) is 10.4 Å². The Morgan fingerprint density at radius 2 is 2.17 bits per heavy atom. The molecule has 5 nitrogen and oxygen atoms in total. The maximum Gasteiger partial charge on any atom is 0.294 e. The fraction of sp³-hybridized carbons (Fsp3) is 0.727. The summed E-state index contributed by atoms with van der Waals surface area (Å²) >= 11 is 2.19. The Labute approximate surface area is 116 Å². The van der Waals surface area contributed by atoms with E-state index in [0.29, 0.717) is 16.3 Å². The summed E-state index contributed by atoms with van der Waals surface area (Å²) in [6, 6.07) is 0. The molecule has 1 heterocycles. The molecule has 0 N–H and O–H groups in total. The summed E-state index contributed by atoms with van der Waals surface area (Å²) in [7, 11) is 3.40. The predicted octanol–water partition coefficient (Wildman–Crippen LogP) is 3.13. The predicted molar refractivity (Wildman–Crippen MR) is 74.4 cm³/mol. The minimum Gasteiger partial charge on any atom is -0.466 e. The first-order valence-electron chi connectivity index (χ1n) is 5.83. The zero-order valence-electron chi connectivity index (χ0n) is 11.3. The molecule has 0 aliphatic carbocycles. The van der Waals surface area contributed by atoms with Gasteiger partial charge in [-0.2, -0.15) is 9.36 Å². The lowest BCUT2D eigenvalue weighted by atomic mass is 10.0. The van der Waals surface area contributed by atoms with E-state index in [0.717, 1.165) is 18.2 Å². The van der Waals surface area contributed by atoms with Crippen molar-refractivity contribution in [2.24, 2.45) is 5.92 Å². The number of rotatable bonds is 5. The summed E-state index contributed by atoms with van der Waals surface area (Å²) in [5.41, 5.74) is 0. The van der Waals surface area contributed by atoms with Crippen LogP contribution in [0.5, 0.6) is 5.19 Å². The zero-order chi connectivity index (χ0) is 13.7. The average molecular weight is 289 g/mol. The van der Waals surface area contributed by atoms with Gasteiger partial charge in [0.1, 0.15) is 6.10 Å². The molecule has 0 saturated heterocycles. The van der Waals surface area contributed by atoms with Crippen LogP contribution in [0.2, 0.25) is 0 Å². The van der Waals surface area contributed by atoms with Gasteiger partial charge >= 0.3 is 0 Å². The van der Waals surface area contributed by atoms with Crippen molar-refractivity contribution in [1.82, 2.24) is 14.3 Å². The Morgan fingerprint density at radius 1 is 1.50 bits per heavy atom. The normalized spacial score (nSPS) is 14.1. The molecule has 1 amide bonds. The molecule has 2 unspecified atom stereocenters. The Bertz CT molecular complexity index is 395. The lowest BCUT2D eigenvalue weighted by Crippen LogP contribution is -2.20. The molecule has 0 bridgehead atoms. The van der Waals surface area contributed by atoms with Gasteiger partial charge in [0, 0.05) is 37.4 Å². The van der Waals surface area contributed by atoms with E-state index in [9.17, 15) is 4.79 Å². The fourth-order valence-electron chi connectivity index (χ4n) is 1.06. The summed E-state index contributed by atoms with van der Waals surface area (Å²) in [5, 5.41) is 0.885. The summed E-state index contributed by atoms with van der Waals surface area (Å²) < 4.78 is 9.79. The Hall–Kier alpha value is -0.820. The summed E-state index contributed by atoms with van der Waals surface area (Å²) in [6.45, 7) is 6.28. The smallest absolute Gasteiger partial charge is 0.294 e. The van der Waals surface area contributed by atoms with Crippen molar-refractivity contribution in [3.8, 4) is 5.19 Å². The number of carbonyl (C=O) groups is 1. The number of hydrogen-bond donors (Lipinski definition) is 0. The first-order chi connectivity index (χ1) is 8.43. The minimum atomic E-state index is -0.0886. The lowest BCUT2D eigenvalue weighted by Gasteiger charge is -2.17. The molecule has 0 fully saturated rings. The maximum absolute atomic E-state index is 11.5. The molecule has 1 aromatic heterocycles. The molecule has 0 aliphatic rings. The highest BCUT2D eigenvalue weighted by molar-refractivity contribution is 8.13. The number of aromatic nitrogens is 2. The highest BCUT2D eigenvalue weighted by Crippen LogP contribution is 2.25. The van der Waals surface area contributed by atoms with Gasteiger partial charge in [-0.3, -0.25) is 4.79 Å². The van der Waals surface area contributed by atoms with Gasteiger partial charge in [-0.25, -0.2) is 0 Å². The number of carbonyl (C=O) groups excluding carboxylic acids is 1. The Morgan fingerprint density at radius 3 is 2.72 bits per heavy atom. The number of hydrogen-bond acceptors (Lipinski definition) is 6. The second kappa shape index (κ2) is 6.94. The third-order valence-corrected chi connectivity index (χ3v) is 4.29. The topological polar surface area (TPSA) is 55.3 Å². The highest BCUT2D eigenvalue weighted by Gasteiger charge is 2.16. The molecule has 0 aromatic carbocycles. The third kappa shape index (κ3) is 4.45. The van der Waals surface area contributed by atoms with E-state index in [4.69, 9.17) is 4.74 Å². The van der Waals surface area contributed by atoms with E-state index in [-0.39, 0.29) is 11.3 Å². The van der Waals surface area contributed by atoms with Gasteiger partial charge in [0.2, 0.25) is 5.16 Å². The van der Waals surface area contributed by atoms with Crippen molar-refractivity contribution in [3.05, 3.63) is 0 Å². The number of nitrogens with zero attached hydrogens (tertiary/aromatic N) is 3. The van der Waals surface area contributed by atoms with Crippen LogP contribution in [0, 0.1) is 5.92 Å². The first kappa shape index (κ1) is 15.2. The quantitative estimate of drug-likeness (QED) is 0.779. The molecule has 7 heteroatoms. The van der Waals surface area contributed by atoms with Crippen LogP contribution in [0.25, 0.3) is 0 Å². The molecular formula is C11H19N3O2S2. The van der Waals surface area contributed by atoms with Crippen molar-refractivity contribution in [1.29, 1.82) is 0 Å². The average Bonchev–Trinajstić information content (AvgIpc) is 2.75. The van der Waals surface area contributed by atoms with E-state index in [1.807, 2.05) is 6.92 Å². The molecule has 1 rings (SSSR count). The van der Waals surface area contributed by atoms with Gasteiger partial charge in [0.15, 0.2) is 0 Å². The standard InChI is InChI=1S/C11H19N3O2S2/c1-6-7(2)8(3)16-10-12-9(13-18-10)17-11(15)14(4)5/h7-8H,6H2,1-5H3. The third-order valence-electron chi connectivity index (χ3n) is 2.66. The zero-order valence-corrected chi connectivity index (χ0v) is 13.0. The van der Waals surface area contributed by atoms with Crippen LogP contribution >= 0.6 is 23.3 Å². The van der Waals surface area contributed by atoms with Crippen LogP contribution in [-0.2, 0) is 0 Å². The molecule has 1 aromatic rings. The summed E-state index contributed by atoms with van der Waals surface area (Å²) in [4.78, 5) is 17.2. The van der Waals surface area contributed by atoms with Gasteiger partial charge in [0.05, 0.1) is 0 Å². The van der Waals surface area contributed by atoms with Crippen molar-refractivity contribution in [3.63, 3.8) is 0 Å². The van der Waals surface area contributed by atoms with Crippen LogP contribution in [-0.4, -0.2) is 39.7 Å². The van der Waals surface area contributed by atoms with Crippen molar-refractivity contribution in [2.45, 2.75) is 38.5 Å². The van der Waals surface area contributed by atoms with E-state index in [2.05, 4.69) is 23.2 Å². The van der Waals surface area contributed by atoms with Crippen molar-refractivity contribution in [2.75, 3.05) is 14.1 Å². The molecule has 2 atom stereocenters. The van der Waals surface area contributed by atoms with Crippen LogP contribution in [0.15, 0.2) is 5.16 Å². The van der Waals surface area contributed by atoms with Crippen LogP contribution in [0.4, 0.5) is 4.79 Å². The SMILES string of the molecule is CCC(C)C(C)Oc1nc(SC(=O)N(C)C)ns1. The maximum atomic E-state index is 11.5. The van der Waals surface area contributed by atoms with E-state index < -0.39 is 0 Å². The van der Waals surface area contributed by atoms with Crippen LogP contribution in [0.1, 0.15) is 27.2 Å². The van der Waals surface area contributed by atoms with Gasteiger partial charge < -0.3 is 9.64 Å². The van der Waals surface area contributed by atoms with Gasteiger partial charge in [-0.1, -0.05) is 20.3 Å². The summed E-state index contributed by atoms with van der Waals surface area (Å²) in [6.07, 6.45) is 1.16. The molecule has 102 valence electrons. The van der Waals surface area contributed by atoms with E-state index in [1.165, 1.54) is 16.4 Å². The van der Waals surface area contributed by atoms with Gasteiger partial charge in [-0.15, -0.1) is 0 Å². The monoisotopic (exact) mass is 289 g/mol. The highest BCUT2D eigenvalue weighted by atomic mass is 32.2. The van der Waals surface area contributed by atoms with Crippen LogP contribution in [0.3, 0.4) is 0 Å². The number of ether oxygens (including phenoxy) is 1. The molecule has 0 saturated carbocycles. The molecule has 0 spiro atoms. The van der Waals surface area contributed by atoms with Crippen molar-refractivity contribution < 1.29 is 9.53 Å². The molecule has 0 aliphatic heterocycles. The van der Waals surface area contributed by atoms with Crippen molar-refractivity contribution >= 4 is 28.5 Å². The largest absolute Gasteiger partial charge is 0.466 e. The lowest BCUT2D eigenvalue weighted by molar-refractivity contribution is 0.157.